The minimum atomic E-state index is -0.948. The van der Waals surface area contributed by atoms with Crippen LogP contribution in [0.3, 0.4) is 0 Å². The van der Waals surface area contributed by atoms with Crippen molar-refractivity contribution >= 4 is 23.5 Å². The number of rotatable bonds is 5. The van der Waals surface area contributed by atoms with E-state index in [1.165, 1.54) is 12.1 Å². The van der Waals surface area contributed by atoms with Gasteiger partial charge in [-0.2, -0.15) is 0 Å². The van der Waals surface area contributed by atoms with Gasteiger partial charge in [0.05, 0.1) is 6.61 Å². The number of esters is 1. The molecule has 1 aromatic heterocycles. The third kappa shape index (κ3) is 4.91. The van der Waals surface area contributed by atoms with Crippen LogP contribution in [0.25, 0.3) is 0 Å². The van der Waals surface area contributed by atoms with Gasteiger partial charge in [-0.15, -0.1) is 0 Å². The van der Waals surface area contributed by atoms with Crippen LogP contribution in [-0.4, -0.2) is 29.4 Å². The maximum atomic E-state index is 12.1. The number of carbonyl (C=O) groups excluding carboxylic acids is 3. The van der Waals surface area contributed by atoms with Gasteiger partial charge in [0.25, 0.3) is 5.91 Å². The van der Waals surface area contributed by atoms with Crippen LogP contribution in [-0.2, 0) is 20.9 Å². The summed E-state index contributed by atoms with van der Waals surface area (Å²) in [6, 6.07) is 9.84. The quantitative estimate of drug-likeness (QED) is 0.641. The molecule has 2 rings (SSSR count). The van der Waals surface area contributed by atoms with Crippen molar-refractivity contribution in [3.8, 4) is 0 Å². The first-order valence-electron chi connectivity index (χ1n) is 7.35. The fraction of sp³-hybridized carbons (Fsp3) is 0.176. The molecule has 24 heavy (non-hydrogen) atoms. The second-order valence-electron chi connectivity index (χ2n) is 4.80. The van der Waals surface area contributed by atoms with Crippen molar-refractivity contribution in [2.24, 2.45) is 0 Å². The number of hydrogen-bond donors (Lipinski definition) is 2. The highest BCUT2D eigenvalue weighted by Crippen LogP contribution is 2.10. The fourth-order valence-corrected chi connectivity index (χ4v) is 1.87. The normalized spacial score (nSPS) is 9.88. The Morgan fingerprint density at radius 3 is 2.50 bits per heavy atom. The van der Waals surface area contributed by atoms with Gasteiger partial charge in [-0.05, 0) is 42.8 Å². The molecule has 7 heteroatoms. The SMILES string of the molecule is CCOC(=O)C(=O)Nc1ccc(C(=O)NCc2cccnc2)cc1. The summed E-state index contributed by atoms with van der Waals surface area (Å²) in [5.41, 5.74) is 1.73. The molecular weight excluding hydrogens is 310 g/mol. The van der Waals surface area contributed by atoms with Crippen LogP contribution in [0.1, 0.15) is 22.8 Å². The molecule has 0 aliphatic rings. The molecular formula is C17H17N3O4. The number of ether oxygens (including phenoxy) is 1. The lowest BCUT2D eigenvalue weighted by atomic mass is 10.2. The summed E-state index contributed by atoms with van der Waals surface area (Å²) in [7, 11) is 0. The van der Waals surface area contributed by atoms with Crippen LogP contribution in [0.2, 0.25) is 0 Å². The van der Waals surface area contributed by atoms with Crippen molar-refractivity contribution in [1.29, 1.82) is 0 Å². The Hall–Kier alpha value is -3.22. The van der Waals surface area contributed by atoms with Crippen molar-refractivity contribution < 1.29 is 19.1 Å². The van der Waals surface area contributed by atoms with Gasteiger partial charge >= 0.3 is 11.9 Å². The number of amides is 2. The highest BCUT2D eigenvalue weighted by atomic mass is 16.5. The Morgan fingerprint density at radius 1 is 1.12 bits per heavy atom. The van der Waals surface area contributed by atoms with E-state index >= 15 is 0 Å². The minimum Gasteiger partial charge on any atom is -0.459 e. The molecule has 7 nitrogen and oxygen atoms in total. The number of nitrogens with zero attached hydrogens (tertiary/aromatic N) is 1. The fourth-order valence-electron chi connectivity index (χ4n) is 1.87. The monoisotopic (exact) mass is 327 g/mol. The number of benzene rings is 1. The standard InChI is InChI=1S/C17H17N3O4/c1-2-24-17(23)16(22)20-14-7-5-13(6-8-14)15(21)19-11-12-4-3-9-18-10-12/h3-10H,2,11H2,1H3,(H,19,21)(H,20,22). The van der Waals surface area contributed by atoms with Gasteiger partial charge in [0.2, 0.25) is 0 Å². The Balaban J connectivity index is 1.90. The Bertz CT molecular complexity index is 714. The third-order valence-corrected chi connectivity index (χ3v) is 3.04. The van der Waals surface area contributed by atoms with Crippen LogP contribution in [0.5, 0.6) is 0 Å². The largest absolute Gasteiger partial charge is 0.459 e. The minimum absolute atomic E-state index is 0.127. The van der Waals surface area contributed by atoms with Crippen molar-refractivity contribution in [2.75, 3.05) is 11.9 Å². The van der Waals surface area contributed by atoms with Gasteiger partial charge in [-0.1, -0.05) is 6.07 Å². The first-order chi connectivity index (χ1) is 11.6. The molecule has 2 aromatic rings. The van der Waals surface area contributed by atoms with E-state index in [4.69, 9.17) is 0 Å². The molecule has 2 N–H and O–H groups in total. The average Bonchev–Trinajstić information content (AvgIpc) is 2.61. The molecule has 0 saturated heterocycles. The highest BCUT2D eigenvalue weighted by Gasteiger charge is 2.14. The van der Waals surface area contributed by atoms with Gasteiger partial charge in [-0.3, -0.25) is 14.6 Å². The van der Waals surface area contributed by atoms with E-state index < -0.39 is 11.9 Å². The van der Waals surface area contributed by atoms with E-state index in [0.717, 1.165) is 5.56 Å². The topological polar surface area (TPSA) is 97.4 Å². The van der Waals surface area contributed by atoms with Gasteiger partial charge in [-0.25, -0.2) is 4.79 Å². The number of hydrogen-bond acceptors (Lipinski definition) is 5. The second kappa shape index (κ2) is 8.42. The predicted octanol–water partition coefficient (Wildman–Crippen LogP) is 1.51. The molecule has 0 aliphatic heterocycles. The molecule has 0 fully saturated rings. The molecule has 0 bridgehead atoms. The molecule has 124 valence electrons. The van der Waals surface area contributed by atoms with Gasteiger partial charge < -0.3 is 15.4 Å². The molecule has 0 atom stereocenters. The Kier molecular flexibility index (Phi) is 6.01. The molecule has 2 amide bonds. The predicted molar refractivity (Wildman–Crippen MR) is 87.1 cm³/mol. The van der Waals surface area contributed by atoms with Crippen LogP contribution < -0.4 is 10.6 Å². The van der Waals surface area contributed by atoms with Crippen molar-refractivity contribution in [2.45, 2.75) is 13.5 Å². The van der Waals surface area contributed by atoms with Crippen molar-refractivity contribution in [1.82, 2.24) is 10.3 Å². The Labute approximate surface area is 139 Å². The lowest BCUT2D eigenvalue weighted by molar-refractivity contribution is -0.152. The smallest absolute Gasteiger partial charge is 0.397 e. The number of carbonyl (C=O) groups is 3. The number of aromatic nitrogens is 1. The van der Waals surface area contributed by atoms with E-state index in [-0.39, 0.29) is 12.5 Å². The van der Waals surface area contributed by atoms with E-state index in [9.17, 15) is 14.4 Å². The molecule has 0 spiro atoms. The number of pyridine rings is 1. The maximum Gasteiger partial charge on any atom is 0.397 e. The van der Waals surface area contributed by atoms with Crippen molar-refractivity contribution in [3.05, 3.63) is 59.9 Å². The highest BCUT2D eigenvalue weighted by molar-refractivity contribution is 6.37. The zero-order chi connectivity index (χ0) is 17.4. The van der Waals surface area contributed by atoms with Gasteiger partial charge in [0.1, 0.15) is 0 Å². The Morgan fingerprint density at radius 2 is 1.88 bits per heavy atom. The zero-order valence-corrected chi connectivity index (χ0v) is 13.1. The first kappa shape index (κ1) is 17.1. The van der Waals surface area contributed by atoms with E-state index in [1.807, 2.05) is 6.07 Å². The molecule has 1 heterocycles. The van der Waals surface area contributed by atoms with Crippen LogP contribution in [0, 0.1) is 0 Å². The summed E-state index contributed by atoms with van der Waals surface area (Å²) in [6.07, 6.45) is 3.34. The zero-order valence-electron chi connectivity index (χ0n) is 13.1. The second-order valence-corrected chi connectivity index (χ2v) is 4.80. The summed E-state index contributed by atoms with van der Waals surface area (Å²) in [6.45, 7) is 2.11. The average molecular weight is 327 g/mol. The molecule has 0 radical (unpaired) electrons. The van der Waals surface area contributed by atoms with Crippen LogP contribution in [0.15, 0.2) is 48.8 Å². The summed E-state index contributed by atoms with van der Waals surface area (Å²) in [4.78, 5) is 38.8. The molecule has 0 aliphatic carbocycles. The summed E-state index contributed by atoms with van der Waals surface area (Å²) < 4.78 is 4.59. The van der Waals surface area contributed by atoms with Crippen LogP contribution in [0.4, 0.5) is 5.69 Å². The molecule has 0 saturated carbocycles. The van der Waals surface area contributed by atoms with E-state index in [1.54, 1.807) is 37.5 Å². The van der Waals surface area contributed by atoms with E-state index in [2.05, 4.69) is 20.4 Å². The lowest BCUT2D eigenvalue weighted by Gasteiger charge is -2.07. The third-order valence-electron chi connectivity index (χ3n) is 3.04. The molecule has 0 unspecified atom stereocenters. The summed E-state index contributed by atoms with van der Waals surface area (Å²) >= 11 is 0. The summed E-state index contributed by atoms with van der Waals surface area (Å²) in [5, 5.41) is 5.17. The van der Waals surface area contributed by atoms with E-state index in [0.29, 0.717) is 17.8 Å². The van der Waals surface area contributed by atoms with Crippen LogP contribution >= 0.6 is 0 Å². The molecule has 1 aromatic carbocycles. The maximum absolute atomic E-state index is 12.1. The van der Waals surface area contributed by atoms with Crippen molar-refractivity contribution in [3.63, 3.8) is 0 Å². The number of anilines is 1. The number of nitrogens with one attached hydrogen (secondary N) is 2. The summed E-state index contributed by atoms with van der Waals surface area (Å²) in [5.74, 6) is -2.05. The lowest BCUT2D eigenvalue weighted by Crippen LogP contribution is -2.25. The first-order valence-corrected chi connectivity index (χ1v) is 7.35. The van der Waals surface area contributed by atoms with Gasteiger partial charge in [0, 0.05) is 30.2 Å². The van der Waals surface area contributed by atoms with Gasteiger partial charge in [0.15, 0.2) is 0 Å².